The quantitative estimate of drug-likeness (QED) is 0.255. The first-order valence-electron chi connectivity index (χ1n) is 15.1. The molecule has 0 amide bonds. The average molecular weight is 582 g/mol. The van der Waals surface area contributed by atoms with Crippen LogP contribution in [0.2, 0.25) is 0 Å². The molecular weight excluding hydrogens is 532 g/mol. The van der Waals surface area contributed by atoms with Crippen LogP contribution in [0.3, 0.4) is 0 Å². The Morgan fingerprint density at radius 2 is 1.07 bits per heavy atom. The number of rotatable bonds is 6. The summed E-state index contributed by atoms with van der Waals surface area (Å²) in [6, 6.07) is 22.1. The molecule has 3 aromatic rings. The van der Waals surface area contributed by atoms with E-state index < -0.39 is 8.80 Å². The van der Waals surface area contributed by atoms with Crippen molar-refractivity contribution >= 4 is 24.7 Å². The zero-order valence-electron chi connectivity index (χ0n) is 26.9. The van der Waals surface area contributed by atoms with Gasteiger partial charge >= 0.3 is 260 Å². The van der Waals surface area contributed by atoms with Gasteiger partial charge in [0.2, 0.25) is 0 Å². The van der Waals surface area contributed by atoms with E-state index in [1.54, 1.807) is 26.7 Å². The molecule has 1 aliphatic carbocycles. The fourth-order valence-corrected chi connectivity index (χ4v) is 11.4. The van der Waals surface area contributed by atoms with E-state index in [0.717, 1.165) is 12.8 Å². The first kappa shape index (κ1) is 31.0. The van der Waals surface area contributed by atoms with Gasteiger partial charge in [0.25, 0.3) is 0 Å². The van der Waals surface area contributed by atoms with Crippen molar-refractivity contribution in [3.8, 4) is 0 Å². The molecule has 0 fully saturated rings. The van der Waals surface area contributed by atoms with Gasteiger partial charge in [-0.2, -0.15) is 0 Å². The SMILES string of the molecule is CCCC1=C([SiH](c2cc(C)cc(C)c2)c2cc(C)cc(C)c2)CC(c2cc(C(C)(C)C)cc(C(C)(C)C)c2)=[C]1[Ti]. The normalized spacial score (nSPS) is 14.6. The third-order valence-electron chi connectivity index (χ3n) is 8.38. The standard InChI is InChI=1S/C38H49Si.Ti/c1-12-13-29-20-30(31-21-32(37(6,7)8)24-33(22-31)38(9,10)11)23-36(29)39(34-16-25(2)14-26(3)17-34)35-18-27(4)15-28(5)19-35;/h14-19,21-22,24,39H,12-13,23H2,1-11H3;. The van der Waals surface area contributed by atoms with Gasteiger partial charge in [-0.1, -0.05) is 0 Å². The van der Waals surface area contributed by atoms with Crippen LogP contribution in [-0.2, 0) is 31.3 Å². The fraction of sp³-hybridized carbons (Fsp3) is 0.421. The number of benzene rings is 3. The molecule has 0 saturated heterocycles. The number of hydrogen-bond acceptors (Lipinski definition) is 0. The summed E-state index contributed by atoms with van der Waals surface area (Å²) >= 11 is 2.42. The molecule has 40 heavy (non-hydrogen) atoms. The van der Waals surface area contributed by atoms with Crippen molar-refractivity contribution in [1.82, 2.24) is 0 Å². The van der Waals surface area contributed by atoms with Gasteiger partial charge in [0, 0.05) is 0 Å². The van der Waals surface area contributed by atoms with Crippen molar-refractivity contribution in [2.24, 2.45) is 0 Å². The first-order chi connectivity index (χ1) is 18.6. The number of allylic oxidation sites excluding steroid dienone is 4. The Kier molecular flexibility index (Phi) is 9.11. The molecule has 0 aromatic heterocycles. The summed E-state index contributed by atoms with van der Waals surface area (Å²) in [4.78, 5) is 0. The van der Waals surface area contributed by atoms with E-state index in [4.69, 9.17) is 0 Å². The van der Waals surface area contributed by atoms with Crippen LogP contribution in [0.4, 0.5) is 0 Å². The van der Waals surface area contributed by atoms with Crippen LogP contribution in [0.1, 0.15) is 107 Å². The van der Waals surface area contributed by atoms with Crippen LogP contribution < -0.4 is 10.4 Å². The molecular formula is C38H49SiTi. The van der Waals surface area contributed by atoms with Gasteiger partial charge in [-0.25, -0.2) is 0 Å². The minimum absolute atomic E-state index is 0.112. The third-order valence-corrected chi connectivity index (χ3v) is 12.6. The van der Waals surface area contributed by atoms with Crippen molar-refractivity contribution in [2.45, 2.75) is 106 Å². The van der Waals surface area contributed by atoms with E-state index in [1.807, 2.05) is 0 Å². The molecule has 0 N–H and O–H groups in total. The molecule has 0 spiro atoms. The molecule has 209 valence electrons. The second-order valence-corrected chi connectivity index (χ2v) is 18.0. The van der Waals surface area contributed by atoms with E-state index in [1.165, 1.54) is 49.2 Å². The maximum absolute atomic E-state index is 2.50. The van der Waals surface area contributed by atoms with Crippen molar-refractivity contribution < 1.29 is 20.4 Å². The topological polar surface area (TPSA) is 0 Å². The molecule has 0 saturated carbocycles. The van der Waals surface area contributed by atoms with Gasteiger partial charge < -0.3 is 0 Å². The molecule has 3 aromatic carbocycles. The van der Waals surface area contributed by atoms with E-state index in [9.17, 15) is 0 Å². The Bertz CT molecular complexity index is 1360. The average Bonchev–Trinajstić information content (AvgIpc) is 3.13. The minimum atomic E-state index is -1.66. The summed E-state index contributed by atoms with van der Waals surface area (Å²) < 4.78 is 1.54. The van der Waals surface area contributed by atoms with Gasteiger partial charge in [0.15, 0.2) is 0 Å². The van der Waals surface area contributed by atoms with Crippen LogP contribution in [0.5, 0.6) is 0 Å². The Morgan fingerprint density at radius 1 is 0.650 bits per heavy atom. The van der Waals surface area contributed by atoms with Crippen LogP contribution in [0, 0.1) is 27.7 Å². The third kappa shape index (κ3) is 6.75. The van der Waals surface area contributed by atoms with Gasteiger partial charge in [-0.3, -0.25) is 0 Å². The van der Waals surface area contributed by atoms with E-state index in [0.29, 0.717) is 0 Å². The molecule has 0 bridgehead atoms. The van der Waals surface area contributed by atoms with Crippen molar-refractivity contribution in [3.05, 3.63) is 108 Å². The molecule has 0 atom stereocenters. The zero-order chi connectivity index (χ0) is 29.6. The second-order valence-electron chi connectivity index (χ2n) is 14.4. The van der Waals surface area contributed by atoms with E-state index >= 15 is 0 Å². The molecule has 2 heteroatoms. The maximum atomic E-state index is 2.50. The number of aryl methyl sites for hydroxylation is 4. The van der Waals surface area contributed by atoms with Gasteiger partial charge in [-0.05, 0) is 0 Å². The summed E-state index contributed by atoms with van der Waals surface area (Å²) in [6.45, 7) is 25.5. The fourth-order valence-electron chi connectivity index (χ4n) is 6.40. The van der Waals surface area contributed by atoms with Crippen LogP contribution in [0.25, 0.3) is 5.57 Å². The van der Waals surface area contributed by atoms with E-state index in [2.05, 4.69) is 151 Å². The molecule has 0 radical (unpaired) electrons. The van der Waals surface area contributed by atoms with Gasteiger partial charge in [-0.15, -0.1) is 0 Å². The monoisotopic (exact) mass is 581 g/mol. The van der Waals surface area contributed by atoms with Crippen molar-refractivity contribution in [3.63, 3.8) is 0 Å². The van der Waals surface area contributed by atoms with Crippen LogP contribution in [-0.4, -0.2) is 8.80 Å². The summed E-state index contributed by atoms with van der Waals surface area (Å²) in [7, 11) is -1.66. The predicted molar refractivity (Wildman–Crippen MR) is 176 cm³/mol. The molecule has 0 heterocycles. The van der Waals surface area contributed by atoms with Gasteiger partial charge in [0.1, 0.15) is 0 Å². The Hall–Kier alpha value is -1.93. The Labute approximate surface area is 258 Å². The van der Waals surface area contributed by atoms with Crippen molar-refractivity contribution in [2.75, 3.05) is 0 Å². The summed E-state index contributed by atoms with van der Waals surface area (Å²) in [5.74, 6) is 0. The van der Waals surface area contributed by atoms with Crippen LogP contribution >= 0.6 is 0 Å². The predicted octanol–water partition coefficient (Wildman–Crippen LogP) is 8.85. The molecule has 0 aliphatic heterocycles. The molecule has 4 rings (SSSR count). The van der Waals surface area contributed by atoms with Crippen LogP contribution in [0.15, 0.2) is 69.2 Å². The van der Waals surface area contributed by atoms with Gasteiger partial charge in [0.05, 0.1) is 0 Å². The van der Waals surface area contributed by atoms with Crippen molar-refractivity contribution in [1.29, 1.82) is 0 Å². The number of hydrogen-bond donors (Lipinski definition) is 0. The molecule has 0 unspecified atom stereocenters. The Balaban J connectivity index is 1.94. The first-order valence-corrected chi connectivity index (χ1v) is 17.6. The summed E-state index contributed by atoms with van der Waals surface area (Å²) in [5.41, 5.74) is 13.3. The van der Waals surface area contributed by atoms with E-state index in [-0.39, 0.29) is 10.8 Å². The Morgan fingerprint density at radius 3 is 1.45 bits per heavy atom. The molecule has 0 nitrogen and oxygen atoms in total. The molecule has 1 aliphatic rings. The summed E-state index contributed by atoms with van der Waals surface area (Å²) in [6.07, 6.45) is 3.42. The second kappa shape index (κ2) is 11.7. The summed E-state index contributed by atoms with van der Waals surface area (Å²) in [5, 5.41) is 4.88. The zero-order valence-corrected chi connectivity index (χ0v) is 29.6.